The highest BCUT2D eigenvalue weighted by Gasteiger charge is 2.57. The number of pyridine rings is 1. The van der Waals surface area contributed by atoms with Gasteiger partial charge in [-0.15, -0.1) is 0 Å². The highest BCUT2D eigenvalue weighted by atomic mass is 16.6. The van der Waals surface area contributed by atoms with E-state index in [1.54, 1.807) is 18.6 Å². The normalized spacial score (nSPS) is 23.1. The average Bonchev–Trinajstić information content (AvgIpc) is 3.18. The number of amides is 1. The van der Waals surface area contributed by atoms with Crippen LogP contribution in [0.4, 0.5) is 0 Å². The zero-order chi connectivity index (χ0) is 21.2. The van der Waals surface area contributed by atoms with Gasteiger partial charge in [0.15, 0.2) is 5.60 Å². The molecule has 156 valence electrons. The first kappa shape index (κ1) is 18.3. The molecule has 4 heterocycles. The van der Waals surface area contributed by atoms with Gasteiger partial charge < -0.3 is 14.2 Å². The second kappa shape index (κ2) is 6.26. The number of nitrogens with zero attached hydrogens (tertiary/aromatic N) is 4. The number of aryl methyl sites for hydroxylation is 1. The average molecular weight is 414 g/mol. The maximum atomic E-state index is 13.6. The van der Waals surface area contributed by atoms with Gasteiger partial charge in [0.25, 0.3) is 0 Å². The second-order valence-electron chi connectivity index (χ2n) is 8.76. The molecule has 1 spiro atoms. The number of aromatic nitrogens is 3. The number of hydrogen-bond acceptors (Lipinski definition) is 5. The molecule has 0 radical (unpaired) electrons. The molecule has 0 N–H and O–H groups in total. The summed E-state index contributed by atoms with van der Waals surface area (Å²) in [6.07, 6.45) is 9.26. The first-order chi connectivity index (χ1) is 15.0. The third kappa shape index (κ3) is 2.59. The lowest BCUT2D eigenvalue weighted by atomic mass is 9.92. The number of hydrogen-bond donors (Lipinski definition) is 0. The fourth-order valence-corrected chi connectivity index (χ4v) is 5.15. The third-order valence-electron chi connectivity index (χ3n) is 7.02. The van der Waals surface area contributed by atoms with E-state index in [4.69, 9.17) is 4.74 Å². The molecule has 7 heteroatoms. The Hall–Kier alpha value is -3.48. The minimum absolute atomic E-state index is 0.134. The smallest absolute Gasteiger partial charge is 0.341 e. The van der Waals surface area contributed by atoms with E-state index in [0.29, 0.717) is 25.1 Å². The summed E-state index contributed by atoms with van der Waals surface area (Å²) in [5, 5.41) is 0. The Morgan fingerprint density at radius 1 is 1.10 bits per heavy atom. The number of carbonyl (C=O) groups excluding carboxylic acids is 2. The van der Waals surface area contributed by atoms with Crippen LogP contribution in [0.1, 0.15) is 46.6 Å². The molecular weight excluding hydrogens is 392 g/mol. The number of esters is 1. The van der Waals surface area contributed by atoms with Crippen molar-refractivity contribution in [1.82, 2.24) is 19.4 Å². The van der Waals surface area contributed by atoms with Gasteiger partial charge in [0.2, 0.25) is 5.91 Å². The zero-order valence-electron chi connectivity index (χ0n) is 17.2. The first-order valence-electron chi connectivity index (χ1n) is 10.6. The summed E-state index contributed by atoms with van der Waals surface area (Å²) in [6, 6.07) is 10.1. The minimum atomic E-state index is -0.732. The standard InChI is InChI=1S/C24H22N4O3/c1-16-26-11-13-28(16)18-4-2-17(3-5-18)23(7-8-23)22(30)27-12-9-24(15-27)20-6-10-25-14-19(20)21(29)31-24/h2-6,10-11,13-14H,7-9,12,15H2,1H3. The fourth-order valence-electron chi connectivity index (χ4n) is 5.15. The van der Waals surface area contributed by atoms with E-state index >= 15 is 0 Å². The summed E-state index contributed by atoms with van der Waals surface area (Å²) in [4.78, 5) is 36.1. The largest absolute Gasteiger partial charge is 0.449 e. The Balaban J connectivity index is 1.25. The van der Waals surface area contributed by atoms with E-state index in [0.717, 1.165) is 35.5 Å². The number of carbonyl (C=O) groups is 2. The van der Waals surface area contributed by atoms with Crippen molar-refractivity contribution in [2.75, 3.05) is 13.1 Å². The van der Waals surface area contributed by atoms with Crippen LogP contribution in [0.25, 0.3) is 5.69 Å². The highest BCUT2D eigenvalue weighted by Crippen LogP contribution is 2.52. The van der Waals surface area contributed by atoms with Crippen LogP contribution in [0.15, 0.2) is 55.1 Å². The van der Waals surface area contributed by atoms with E-state index < -0.39 is 11.0 Å². The van der Waals surface area contributed by atoms with Gasteiger partial charge in [0, 0.05) is 49.0 Å². The van der Waals surface area contributed by atoms with Gasteiger partial charge in [-0.25, -0.2) is 9.78 Å². The van der Waals surface area contributed by atoms with Crippen LogP contribution in [0.3, 0.4) is 0 Å². The van der Waals surface area contributed by atoms with Crippen LogP contribution in [0.5, 0.6) is 0 Å². The number of rotatable bonds is 3. The molecule has 1 unspecified atom stereocenters. The molecule has 1 saturated carbocycles. The summed E-state index contributed by atoms with van der Waals surface area (Å²) in [5.41, 5.74) is 2.26. The molecule has 0 bridgehead atoms. The molecule has 3 aromatic rings. The van der Waals surface area contributed by atoms with Crippen molar-refractivity contribution in [1.29, 1.82) is 0 Å². The van der Waals surface area contributed by atoms with Crippen LogP contribution >= 0.6 is 0 Å². The number of benzene rings is 1. The number of imidazole rings is 1. The van der Waals surface area contributed by atoms with Crippen molar-refractivity contribution in [2.45, 2.75) is 37.2 Å². The van der Waals surface area contributed by atoms with Gasteiger partial charge in [-0.1, -0.05) is 12.1 Å². The molecule has 3 aliphatic rings. The van der Waals surface area contributed by atoms with E-state index in [9.17, 15) is 9.59 Å². The molecule has 31 heavy (non-hydrogen) atoms. The van der Waals surface area contributed by atoms with Gasteiger partial charge in [0.05, 0.1) is 17.5 Å². The van der Waals surface area contributed by atoms with Gasteiger partial charge in [-0.3, -0.25) is 9.78 Å². The summed E-state index contributed by atoms with van der Waals surface area (Å²) in [6.45, 7) is 2.96. The molecule has 1 saturated heterocycles. The lowest BCUT2D eigenvalue weighted by Crippen LogP contribution is -2.40. The Kier molecular flexibility index (Phi) is 3.70. The van der Waals surface area contributed by atoms with Gasteiger partial charge in [0.1, 0.15) is 5.82 Å². The molecule has 2 fully saturated rings. The fraction of sp³-hybridized carbons (Fsp3) is 0.333. The number of ether oxygens (including phenoxy) is 1. The Morgan fingerprint density at radius 2 is 1.90 bits per heavy atom. The topological polar surface area (TPSA) is 77.3 Å². The molecule has 6 rings (SSSR count). The van der Waals surface area contributed by atoms with Gasteiger partial charge in [-0.05, 0) is 43.5 Å². The Bertz CT molecular complexity index is 1210. The van der Waals surface area contributed by atoms with Crippen LogP contribution in [-0.4, -0.2) is 44.4 Å². The van der Waals surface area contributed by atoms with Crippen LogP contribution in [0.2, 0.25) is 0 Å². The number of likely N-dealkylation sites (tertiary alicyclic amines) is 1. The maximum absolute atomic E-state index is 13.6. The van der Waals surface area contributed by atoms with Gasteiger partial charge >= 0.3 is 5.97 Å². The molecule has 2 aromatic heterocycles. The molecular formula is C24H22N4O3. The van der Waals surface area contributed by atoms with Gasteiger partial charge in [-0.2, -0.15) is 0 Å². The molecule has 2 aliphatic heterocycles. The van der Waals surface area contributed by atoms with E-state index in [-0.39, 0.29) is 11.9 Å². The van der Waals surface area contributed by atoms with Crippen molar-refractivity contribution < 1.29 is 14.3 Å². The van der Waals surface area contributed by atoms with E-state index in [1.807, 2.05) is 40.8 Å². The zero-order valence-corrected chi connectivity index (χ0v) is 17.2. The monoisotopic (exact) mass is 414 g/mol. The molecule has 1 aliphatic carbocycles. The Labute approximate surface area is 179 Å². The Morgan fingerprint density at radius 3 is 2.61 bits per heavy atom. The highest BCUT2D eigenvalue weighted by molar-refractivity contribution is 5.95. The quantitative estimate of drug-likeness (QED) is 0.616. The predicted octanol–water partition coefficient (Wildman–Crippen LogP) is 2.91. The lowest BCUT2D eigenvalue weighted by molar-refractivity contribution is -0.134. The number of fused-ring (bicyclic) bond motifs is 2. The van der Waals surface area contributed by atoms with E-state index in [2.05, 4.69) is 22.1 Å². The minimum Gasteiger partial charge on any atom is -0.449 e. The first-order valence-corrected chi connectivity index (χ1v) is 10.6. The summed E-state index contributed by atoms with van der Waals surface area (Å²) >= 11 is 0. The lowest BCUT2D eigenvalue weighted by Gasteiger charge is -2.27. The van der Waals surface area contributed by atoms with Crippen molar-refractivity contribution in [2.24, 2.45) is 0 Å². The summed E-state index contributed by atoms with van der Waals surface area (Å²) in [5.74, 6) is 0.715. The van der Waals surface area contributed by atoms with Crippen LogP contribution < -0.4 is 0 Å². The molecule has 7 nitrogen and oxygen atoms in total. The van der Waals surface area contributed by atoms with Crippen molar-refractivity contribution in [3.8, 4) is 5.69 Å². The summed E-state index contributed by atoms with van der Waals surface area (Å²) < 4.78 is 7.81. The summed E-state index contributed by atoms with van der Waals surface area (Å²) in [7, 11) is 0. The van der Waals surface area contributed by atoms with Crippen molar-refractivity contribution >= 4 is 11.9 Å². The molecule has 1 atom stereocenters. The maximum Gasteiger partial charge on any atom is 0.341 e. The van der Waals surface area contributed by atoms with E-state index in [1.165, 1.54) is 0 Å². The predicted molar refractivity (Wildman–Crippen MR) is 112 cm³/mol. The molecule has 1 aromatic carbocycles. The molecule has 1 amide bonds. The third-order valence-corrected chi connectivity index (χ3v) is 7.02. The van der Waals surface area contributed by atoms with Crippen LogP contribution in [0, 0.1) is 6.92 Å². The van der Waals surface area contributed by atoms with Crippen molar-refractivity contribution in [3.63, 3.8) is 0 Å². The SMILES string of the molecule is Cc1nccn1-c1ccc(C2(C(=O)N3CCC4(C3)OC(=O)c3cnccc34)CC2)cc1. The second-order valence-corrected chi connectivity index (χ2v) is 8.76. The van der Waals surface area contributed by atoms with Crippen molar-refractivity contribution in [3.05, 3.63) is 77.6 Å². The van der Waals surface area contributed by atoms with Crippen LogP contribution in [-0.2, 0) is 20.5 Å².